The number of nitrogens with two attached hydrogens (primary N) is 1. The molecular formula is C11H15N5O7S. The molecule has 0 unspecified atom stereocenters. The normalized spacial score (nSPS) is 27.8. The molecule has 0 aliphatic carbocycles. The largest absolute Gasteiger partial charge is 0.387 e. The van der Waals surface area contributed by atoms with E-state index in [1.807, 2.05) is 0 Å². The Bertz CT molecular complexity index is 922. The van der Waals surface area contributed by atoms with Crippen molar-refractivity contribution < 1.29 is 27.6 Å². The number of anilines is 1. The molecule has 3 rings (SSSR count). The van der Waals surface area contributed by atoms with Gasteiger partial charge >= 0.3 is 0 Å². The Morgan fingerprint density at radius 2 is 2.17 bits per heavy atom. The average molecular weight is 361 g/mol. The van der Waals surface area contributed by atoms with Crippen LogP contribution >= 0.6 is 0 Å². The van der Waals surface area contributed by atoms with E-state index in [1.54, 1.807) is 0 Å². The molecule has 0 spiro atoms. The Morgan fingerprint density at radius 1 is 1.46 bits per heavy atom. The Hall–Kier alpha value is -2.06. The fourth-order valence-electron chi connectivity index (χ4n) is 2.42. The summed E-state index contributed by atoms with van der Waals surface area (Å²) in [6, 6.07) is 0. The topological polar surface area (TPSA) is 183 Å². The smallest absolute Gasteiger partial charge is 0.280 e. The van der Waals surface area contributed by atoms with Gasteiger partial charge in [-0.1, -0.05) is 0 Å². The van der Waals surface area contributed by atoms with Crippen LogP contribution in [0.1, 0.15) is 6.23 Å². The molecule has 0 aromatic carbocycles. The van der Waals surface area contributed by atoms with Crippen LogP contribution in [0.5, 0.6) is 0 Å². The van der Waals surface area contributed by atoms with Crippen LogP contribution in [-0.2, 0) is 19.0 Å². The first-order valence-electron chi connectivity index (χ1n) is 6.75. The van der Waals surface area contributed by atoms with Gasteiger partial charge in [-0.3, -0.25) is 18.5 Å². The number of hydrogen-bond donors (Lipinski definition) is 4. The lowest BCUT2D eigenvalue weighted by atomic mass is 10.1. The first-order chi connectivity index (χ1) is 11.2. The SMILES string of the molecule is CS(=O)(=O)OC[C@H]1O[C@@H](n2cnc3c(=O)[nH]c(N)nc32)[C@@H](O)[C@H]1O. The first-order valence-corrected chi connectivity index (χ1v) is 8.57. The summed E-state index contributed by atoms with van der Waals surface area (Å²) >= 11 is 0. The minimum absolute atomic E-state index is 0.0228. The zero-order valence-corrected chi connectivity index (χ0v) is 13.2. The Morgan fingerprint density at radius 3 is 2.83 bits per heavy atom. The fourth-order valence-corrected chi connectivity index (χ4v) is 2.80. The summed E-state index contributed by atoms with van der Waals surface area (Å²) in [7, 11) is -3.74. The molecule has 1 saturated heterocycles. The fraction of sp³-hybridized carbons (Fsp3) is 0.545. The summed E-state index contributed by atoms with van der Waals surface area (Å²) in [5.41, 5.74) is 4.95. The second kappa shape index (κ2) is 5.78. The standard InChI is InChI=1S/C11H15N5O7S/c1-24(20,21)22-2-4-6(17)7(18)10(23-4)16-3-13-5-8(16)14-11(12)15-9(5)19/h3-4,6-7,10,17-18H,2H2,1H3,(H3,12,14,15,19)/t4-,6+,7+,10-/m1/s1. The van der Waals surface area contributed by atoms with Gasteiger partial charge in [-0.25, -0.2) is 4.98 Å². The van der Waals surface area contributed by atoms with Crippen LogP contribution < -0.4 is 11.3 Å². The Labute approximate surface area is 135 Å². The van der Waals surface area contributed by atoms with E-state index in [0.29, 0.717) is 0 Å². The van der Waals surface area contributed by atoms with Gasteiger partial charge in [0.05, 0.1) is 19.2 Å². The van der Waals surface area contributed by atoms with Crippen molar-refractivity contribution in [2.45, 2.75) is 24.5 Å². The maximum Gasteiger partial charge on any atom is 0.280 e. The highest BCUT2D eigenvalue weighted by Crippen LogP contribution is 2.31. The molecule has 3 heterocycles. The third-order valence-electron chi connectivity index (χ3n) is 3.51. The molecule has 12 nitrogen and oxygen atoms in total. The predicted molar refractivity (Wildman–Crippen MR) is 79.3 cm³/mol. The molecule has 0 bridgehead atoms. The van der Waals surface area contributed by atoms with Crippen LogP contribution in [0.3, 0.4) is 0 Å². The maximum atomic E-state index is 11.8. The second-order valence-corrected chi connectivity index (χ2v) is 6.95. The van der Waals surface area contributed by atoms with E-state index in [9.17, 15) is 23.4 Å². The average Bonchev–Trinajstić information content (AvgIpc) is 3.00. The zero-order valence-electron chi connectivity index (χ0n) is 12.4. The number of aliphatic hydroxyl groups excluding tert-OH is 2. The number of aromatic amines is 1. The lowest BCUT2D eigenvalue weighted by Gasteiger charge is -2.16. The van der Waals surface area contributed by atoms with Crippen molar-refractivity contribution in [3.8, 4) is 0 Å². The third-order valence-corrected chi connectivity index (χ3v) is 4.07. The number of aliphatic hydroxyl groups is 2. The van der Waals surface area contributed by atoms with Gasteiger partial charge in [-0.05, 0) is 0 Å². The minimum Gasteiger partial charge on any atom is -0.387 e. The van der Waals surface area contributed by atoms with Crippen molar-refractivity contribution in [2.75, 3.05) is 18.6 Å². The number of fused-ring (bicyclic) bond motifs is 1. The highest BCUT2D eigenvalue weighted by Gasteiger charge is 2.44. The molecule has 132 valence electrons. The van der Waals surface area contributed by atoms with Crippen LogP contribution in [0.25, 0.3) is 11.2 Å². The van der Waals surface area contributed by atoms with Crippen LogP contribution in [0.4, 0.5) is 5.95 Å². The van der Waals surface area contributed by atoms with Crippen molar-refractivity contribution >= 4 is 27.2 Å². The van der Waals surface area contributed by atoms with Crippen LogP contribution in [-0.4, -0.2) is 69.3 Å². The van der Waals surface area contributed by atoms with Gasteiger partial charge in [0, 0.05) is 0 Å². The number of hydrogen-bond acceptors (Lipinski definition) is 10. The van der Waals surface area contributed by atoms with Gasteiger partial charge in [0.2, 0.25) is 5.95 Å². The van der Waals surface area contributed by atoms with E-state index in [-0.39, 0.29) is 17.1 Å². The first kappa shape index (κ1) is 16.8. The number of aromatic nitrogens is 4. The highest BCUT2D eigenvalue weighted by molar-refractivity contribution is 7.85. The van der Waals surface area contributed by atoms with E-state index in [2.05, 4.69) is 19.1 Å². The molecule has 0 amide bonds. The van der Waals surface area contributed by atoms with E-state index >= 15 is 0 Å². The van der Waals surface area contributed by atoms with E-state index < -0.39 is 46.8 Å². The molecule has 4 atom stereocenters. The van der Waals surface area contributed by atoms with Gasteiger partial charge in [0.1, 0.15) is 18.3 Å². The molecule has 1 aliphatic heterocycles. The monoisotopic (exact) mass is 361 g/mol. The number of ether oxygens (including phenoxy) is 1. The number of nitrogens with zero attached hydrogens (tertiary/aromatic N) is 3. The summed E-state index contributed by atoms with van der Waals surface area (Å²) in [6.07, 6.45) is -3.02. The molecule has 2 aromatic heterocycles. The molecule has 2 aromatic rings. The molecule has 1 fully saturated rings. The number of nitrogens with one attached hydrogen (secondary N) is 1. The molecule has 5 N–H and O–H groups in total. The summed E-state index contributed by atoms with van der Waals surface area (Å²) < 4.78 is 33.3. The summed E-state index contributed by atoms with van der Waals surface area (Å²) in [5, 5.41) is 20.2. The van der Waals surface area contributed by atoms with Gasteiger partial charge in [-0.2, -0.15) is 13.4 Å². The predicted octanol–water partition coefficient (Wildman–Crippen LogP) is -2.70. The van der Waals surface area contributed by atoms with Crippen LogP contribution in [0.15, 0.2) is 11.1 Å². The van der Waals surface area contributed by atoms with Crippen molar-refractivity contribution in [3.63, 3.8) is 0 Å². The quantitative estimate of drug-likeness (QED) is 0.418. The lowest BCUT2D eigenvalue weighted by molar-refractivity contribution is -0.0466. The van der Waals surface area contributed by atoms with Crippen molar-refractivity contribution in [2.24, 2.45) is 0 Å². The molecule has 13 heteroatoms. The van der Waals surface area contributed by atoms with Gasteiger partial charge in [0.15, 0.2) is 17.4 Å². The lowest BCUT2D eigenvalue weighted by Crippen LogP contribution is -2.34. The molecular weight excluding hydrogens is 346 g/mol. The van der Waals surface area contributed by atoms with Crippen molar-refractivity contribution in [1.82, 2.24) is 19.5 Å². The maximum absolute atomic E-state index is 11.8. The molecule has 24 heavy (non-hydrogen) atoms. The van der Waals surface area contributed by atoms with Gasteiger partial charge < -0.3 is 20.7 Å². The number of nitrogen functional groups attached to an aromatic ring is 1. The number of imidazole rings is 1. The Balaban J connectivity index is 1.91. The third kappa shape index (κ3) is 2.99. The van der Waals surface area contributed by atoms with Gasteiger partial charge in [-0.15, -0.1) is 0 Å². The van der Waals surface area contributed by atoms with Gasteiger partial charge in [0.25, 0.3) is 15.7 Å². The molecule has 0 saturated carbocycles. The summed E-state index contributed by atoms with van der Waals surface area (Å²) in [5.74, 6) is -0.153. The number of rotatable bonds is 4. The van der Waals surface area contributed by atoms with Crippen molar-refractivity contribution in [1.29, 1.82) is 0 Å². The van der Waals surface area contributed by atoms with Crippen molar-refractivity contribution in [3.05, 3.63) is 16.7 Å². The van der Waals surface area contributed by atoms with Crippen LogP contribution in [0.2, 0.25) is 0 Å². The Kier molecular flexibility index (Phi) is 4.05. The molecule has 0 radical (unpaired) electrons. The zero-order chi connectivity index (χ0) is 17.6. The minimum atomic E-state index is -3.74. The van der Waals surface area contributed by atoms with E-state index in [1.165, 1.54) is 10.9 Å². The molecule has 1 aliphatic rings. The highest BCUT2D eigenvalue weighted by atomic mass is 32.2. The summed E-state index contributed by atoms with van der Waals surface area (Å²) in [6.45, 7) is -0.476. The van der Waals surface area contributed by atoms with E-state index in [0.717, 1.165) is 6.26 Å². The van der Waals surface area contributed by atoms with E-state index in [4.69, 9.17) is 10.5 Å². The summed E-state index contributed by atoms with van der Waals surface area (Å²) in [4.78, 5) is 21.8. The second-order valence-electron chi connectivity index (χ2n) is 5.31. The number of H-pyrrole nitrogens is 1. The van der Waals surface area contributed by atoms with Crippen LogP contribution in [0, 0.1) is 0 Å².